The molecule has 5 heteroatoms. The quantitative estimate of drug-likeness (QED) is 0.853. The first-order valence-corrected chi connectivity index (χ1v) is 5.70. The van der Waals surface area contributed by atoms with Crippen molar-refractivity contribution in [3.8, 4) is 0 Å². The Kier molecular flexibility index (Phi) is 3.29. The van der Waals surface area contributed by atoms with Crippen molar-refractivity contribution in [2.45, 2.75) is 31.7 Å². The first kappa shape index (κ1) is 11.2. The fraction of sp³-hybridized carbons (Fsp3) is 0.455. The maximum atomic E-state index is 10.7. The molecule has 16 heavy (non-hydrogen) atoms. The van der Waals surface area contributed by atoms with Gasteiger partial charge in [-0.05, 0) is 18.9 Å². The summed E-state index contributed by atoms with van der Waals surface area (Å²) in [4.78, 5) is 14.7. The molecule has 86 valence electrons. The van der Waals surface area contributed by atoms with Crippen LogP contribution in [0.2, 0.25) is 5.02 Å². The standard InChI is InChI=1S/C11H13ClN2O2/c12-9-5-7(11(15)16)6-13-10(9)14-8-3-1-2-4-8/h5-6,8H,1-4H2,(H,13,14)(H,15,16). The van der Waals surface area contributed by atoms with Crippen LogP contribution >= 0.6 is 11.6 Å². The van der Waals surface area contributed by atoms with Gasteiger partial charge in [-0.15, -0.1) is 0 Å². The first-order chi connectivity index (χ1) is 7.66. The Balaban J connectivity index is 2.12. The van der Waals surface area contributed by atoms with Crippen LogP contribution in [0.3, 0.4) is 0 Å². The molecule has 0 aliphatic heterocycles. The molecule has 0 saturated heterocycles. The molecule has 1 heterocycles. The van der Waals surface area contributed by atoms with Crippen molar-refractivity contribution in [1.29, 1.82) is 0 Å². The molecule has 1 aromatic heterocycles. The van der Waals surface area contributed by atoms with Crippen molar-refractivity contribution in [3.05, 3.63) is 22.8 Å². The van der Waals surface area contributed by atoms with Gasteiger partial charge in [-0.2, -0.15) is 0 Å². The lowest BCUT2D eigenvalue weighted by Gasteiger charge is -2.13. The van der Waals surface area contributed by atoms with Crippen molar-refractivity contribution in [2.75, 3.05) is 5.32 Å². The number of nitrogens with one attached hydrogen (secondary N) is 1. The van der Waals surface area contributed by atoms with Crippen LogP contribution in [0.25, 0.3) is 0 Å². The lowest BCUT2D eigenvalue weighted by molar-refractivity contribution is 0.0696. The van der Waals surface area contributed by atoms with Crippen molar-refractivity contribution in [2.24, 2.45) is 0 Å². The van der Waals surface area contributed by atoms with Gasteiger partial charge < -0.3 is 10.4 Å². The second kappa shape index (κ2) is 4.70. The van der Waals surface area contributed by atoms with Crippen LogP contribution in [0.4, 0.5) is 5.82 Å². The molecule has 0 unspecified atom stereocenters. The maximum absolute atomic E-state index is 10.7. The van der Waals surface area contributed by atoms with Crippen LogP contribution in [0.15, 0.2) is 12.3 Å². The normalized spacial score (nSPS) is 16.3. The average molecular weight is 241 g/mol. The number of carboxylic acid groups (broad SMARTS) is 1. The summed E-state index contributed by atoms with van der Waals surface area (Å²) < 4.78 is 0. The molecule has 0 atom stereocenters. The molecule has 0 amide bonds. The van der Waals surface area contributed by atoms with Crippen molar-refractivity contribution >= 4 is 23.4 Å². The third-order valence-electron chi connectivity index (χ3n) is 2.78. The van der Waals surface area contributed by atoms with E-state index in [-0.39, 0.29) is 5.56 Å². The molecular formula is C11H13ClN2O2. The number of aromatic carboxylic acids is 1. The predicted molar refractivity (Wildman–Crippen MR) is 62.1 cm³/mol. The maximum Gasteiger partial charge on any atom is 0.337 e. The Labute approximate surface area is 98.6 Å². The monoisotopic (exact) mass is 240 g/mol. The Morgan fingerprint density at radius 2 is 2.19 bits per heavy atom. The number of aromatic nitrogens is 1. The van der Waals surface area contributed by atoms with E-state index in [2.05, 4.69) is 10.3 Å². The highest BCUT2D eigenvalue weighted by Crippen LogP contribution is 2.26. The number of pyridine rings is 1. The molecule has 2 rings (SSSR count). The van der Waals surface area contributed by atoms with Gasteiger partial charge in [0.1, 0.15) is 5.82 Å². The lowest BCUT2D eigenvalue weighted by atomic mass is 10.2. The van der Waals surface area contributed by atoms with E-state index < -0.39 is 5.97 Å². The zero-order valence-corrected chi connectivity index (χ0v) is 9.50. The van der Waals surface area contributed by atoms with Crippen LogP contribution < -0.4 is 5.32 Å². The summed E-state index contributed by atoms with van der Waals surface area (Å²) in [5, 5.41) is 12.4. The van der Waals surface area contributed by atoms with Crippen LogP contribution in [0.1, 0.15) is 36.0 Å². The highest BCUT2D eigenvalue weighted by Gasteiger charge is 2.17. The van der Waals surface area contributed by atoms with E-state index in [0.717, 1.165) is 12.8 Å². The van der Waals surface area contributed by atoms with Gasteiger partial charge in [-0.25, -0.2) is 9.78 Å². The molecule has 0 bridgehead atoms. The SMILES string of the molecule is O=C(O)c1cnc(NC2CCCC2)c(Cl)c1. The fourth-order valence-electron chi connectivity index (χ4n) is 1.92. The van der Waals surface area contributed by atoms with E-state index >= 15 is 0 Å². The number of nitrogens with zero attached hydrogens (tertiary/aromatic N) is 1. The minimum atomic E-state index is -1.01. The van der Waals surface area contributed by atoms with E-state index in [1.54, 1.807) is 0 Å². The minimum absolute atomic E-state index is 0.113. The van der Waals surface area contributed by atoms with Gasteiger partial charge >= 0.3 is 5.97 Å². The summed E-state index contributed by atoms with van der Waals surface area (Å²) in [7, 11) is 0. The van der Waals surface area contributed by atoms with E-state index in [4.69, 9.17) is 16.7 Å². The first-order valence-electron chi connectivity index (χ1n) is 5.32. The predicted octanol–water partition coefficient (Wildman–Crippen LogP) is 2.79. The van der Waals surface area contributed by atoms with Gasteiger partial charge in [0.05, 0.1) is 10.6 Å². The van der Waals surface area contributed by atoms with Gasteiger partial charge in [0.25, 0.3) is 0 Å². The Morgan fingerprint density at radius 3 is 2.75 bits per heavy atom. The minimum Gasteiger partial charge on any atom is -0.478 e. The smallest absolute Gasteiger partial charge is 0.337 e. The Morgan fingerprint density at radius 1 is 1.50 bits per heavy atom. The molecule has 1 aromatic rings. The zero-order valence-electron chi connectivity index (χ0n) is 8.74. The topological polar surface area (TPSA) is 62.2 Å². The fourth-order valence-corrected chi connectivity index (χ4v) is 2.15. The lowest BCUT2D eigenvalue weighted by Crippen LogP contribution is -2.16. The number of carbonyl (C=O) groups is 1. The van der Waals surface area contributed by atoms with Gasteiger partial charge in [-0.3, -0.25) is 0 Å². The largest absolute Gasteiger partial charge is 0.478 e. The Bertz CT molecular complexity index is 403. The van der Waals surface area contributed by atoms with E-state index in [1.807, 2.05) is 0 Å². The molecule has 1 saturated carbocycles. The van der Waals surface area contributed by atoms with Crippen molar-refractivity contribution < 1.29 is 9.90 Å². The second-order valence-corrected chi connectivity index (χ2v) is 4.39. The molecular weight excluding hydrogens is 228 g/mol. The van der Waals surface area contributed by atoms with Crippen molar-refractivity contribution in [3.63, 3.8) is 0 Å². The molecule has 1 fully saturated rings. The van der Waals surface area contributed by atoms with Gasteiger partial charge in [0.2, 0.25) is 0 Å². The molecule has 4 nitrogen and oxygen atoms in total. The highest BCUT2D eigenvalue weighted by atomic mass is 35.5. The van der Waals surface area contributed by atoms with E-state index in [9.17, 15) is 4.79 Å². The molecule has 0 radical (unpaired) electrons. The van der Waals surface area contributed by atoms with Crippen molar-refractivity contribution in [1.82, 2.24) is 4.98 Å². The average Bonchev–Trinajstić information content (AvgIpc) is 2.73. The van der Waals surface area contributed by atoms with E-state index in [1.165, 1.54) is 25.1 Å². The molecule has 2 N–H and O–H groups in total. The number of carboxylic acids is 1. The number of halogens is 1. The van der Waals surface area contributed by atoms with Crippen LogP contribution in [0, 0.1) is 0 Å². The van der Waals surface area contributed by atoms with Crippen LogP contribution in [-0.4, -0.2) is 22.1 Å². The third kappa shape index (κ3) is 2.44. The number of hydrogen-bond donors (Lipinski definition) is 2. The number of hydrogen-bond acceptors (Lipinski definition) is 3. The zero-order chi connectivity index (χ0) is 11.5. The summed E-state index contributed by atoms with van der Waals surface area (Å²) in [5.41, 5.74) is 0.113. The summed E-state index contributed by atoms with van der Waals surface area (Å²) >= 11 is 5.96. The molecule has 0 aromatic carbocycles. The van der Waals surface area contributed by atoms with E-state index in [0.29, 0.717) is 16.9 Å². The number of anilines is 1. The summed E-state index contributed by atoms with van der Waals surface area (Å²) in [5.74, 6) is -0.430. The Hall–Kier alpha value is -1.29. The summed E-state index contributed by atoms with van der Waals surface area (Å²) in [6.45, 7) is 0. The second-order valence-electron chi connectivity index (χ2n) is 3.99. The van der Waals surface area contributed by atoms with Crippen LogP contribution in [-0.2, 0) is 0 Å². The molecule has 1 aliphatic rings. The number of rotatable bonds is 3. The third-order valence-corrected chi connectivity index (χ3v) is 3.07. The van der Waals surface area contributed by atoms with Gasteiger partial charge in [0.15, 0.2) is 0 Å². The van der Waals surface area contributed by atoms with Crippen LogP contribution in [0.5, 0.6) is 0 Å². The summed E-state index contributed by atoms with van der Waals surface area (Å²) in [6.07, 6.45) is 6.02. The summed E-state index contributed by atoms with van der Waals surface area (Å²) in [6, 6.07) is 1.84. The van der Waals surface area contributed by atoms with Gasteiger partial charge in [0, 0.05) is 12.2 Å². The van der Waals surface area contributed by atoms with Gasteiger partial charge in [-0.1, -0.05) is 24.4 Å². The molecule has 1 aliphatic carbocycles. The highest BCUT2D eigenvalue weighted by molar-refractivity contribution is 6.33. The molecule has 0 spiro atoms.